The van der Waals surface area contributed by atoms with Crippen LogP contribution in [0.3, 0.4) is 0 Å². The number of morpholine rings is 1. The van der Waals surface area contributed by atoms with Gasteiger partial charge in [-0.05, 0) is 12.0 Å². The Labute approximate surface area is 125 Å². The molecular formula is C16H22N2O3. The Morgan fingerprint density at radius 3 is 2.48 bits per heavy atom. The number of benzene rings is 1. The molecule has 1 saturated heterocycles. The molecule has 1 heterocycles. The smallest absolute Gasteiger partial charge is 0.242 e. The molecule has 1 aromatic carbocycles. The summed E-state index contributed by atoms with van der Waals surface area (Å²) in [6.07, 6.45) is 0.761. The lowest BCUT2D eigenvalue weighted by Gasteiger charge is -2.29. The summed E-state index contributed by atoms with van der Waals surface area (Å²) in [6.45, 7) is 4.62. The van der Waals surface area contributed by atoms with E-state index in [4.69, 9.17) is 4.74 Å². The number of carbonyl (C=O) groups excluding carboxylic acids is 2. The van der Waals surface area contributed by atoms with E-state index < -0.39 is 0 Å². The predicted molar refractivity (Wildman–Crippen MR) is 79.8 cm³/mol. The molecule has 1 fully saturated rings. The average molecular weight is 290 g/mol. The van der Waals surface area contributed by atoms with Gasteiger partial charge in [-0.3, -0.25) is 9.59 Å². The van der Waals surface area contributed by atoms with Crippen molar-refractivity contribution in [2.75, 3.05) is 39.4 Å². The number of carbonyl (C=O) groups is 2. The van der Waals surface area contributed by atoms with Crippen LogP contribution in [0.1, 0.15) is 12.5 Å². The molecule has 5 nitrogen and oxygen atoms in total. The molecule has 2 amide bonds. The number of ether oxygens (including phenoxy) is 1. The maximum Gasteiger partial charge on any atom is 0.242 e. The Morgan fingerprint density at radius 2 is 1.86 bits per heavy atom. The van der Waals surface area contributed by atoms with E-state index >= 15 is 0 Å². The molecule has 0 aromatic heterocycles. The minimum atomic E-state index is -0.0625. The Bertz CT molecular complexity index is 470. The van der Waals surface area contributed by atoms with Gasteiger partial charge in [-0.25, -0.2) is 0 Å². The normalized spacial score (nSPS) is 14.8. The summed E-state index contributed by atoms with van der Waals surface area (Å²) < 4.78 is 5.23. The number of nitrogens with zero attached hydrogens (tertiary/aromatic N) is 2. The van der Waals surface area contributed by atoms with Gasteiger partial charge in [0.1, 0.15) is 0 Å². The van der Waals surface area contributed by atoms with Gasteiger partial charge in [0.05, 0.1) is 19.8 Å². The molecule has 1 aliphatic heterocycles. The van der Waals surface area contributed by atoms with Gasteiger partial charge in [0.25, 0.3) is 0 Å². The van der Waals surface area contributed by atoms with Crippen molar-refractivity contribution in [1.82, 2.24) is 9.80 Å². The number of amides is 2. The van der Waals surface area contributed by atoms with Gasteiger partial charge >= 0.3 is 0 Å². The zero-order chi connectivity index (χ0) is 15.1. The Morgan fingerprint density at radius 1 is 1.19 bits per heavy atom. The van der Waals surface area contributed by atoms with Crippen molar-refractivity contribution < 1.29 is 14.3 Å². The molecule has 0 spiro atoms. The van der Waals surface area contributed by atoms with Crippen LogP contribution < -0.4 is 0 Å². The second kappa shape index (κ2) is 7.78. The topological polar surface area (TPSA) is 49.9 Å². The quantitative estimate of drug-likeness (QED) is 0.811. The van der Waals surface area contributed by atoms with Gasteiger partial charge in [-0.1, -0.05) is 30.3 Å². The summed E-state index contributed by atoms with van der Waals surface area (Å²) in [5.41, 5.74) is 1.17. The summed E-state index contributed by atoms with van der Waals surface area (Å²) in [5, 5.41) is 0. The molecule has 0 unspecified atom stereocenters. The van der Waals surface area contributed by atoms with E-state index in [-0.39, 0.29) is 18.4 Å². The van der Waals surface area contributed by atoms with Gasteiger partial charge < -0.3 is 14.5 Å². The Balaban J connectivity index is 1.86. The lowest BCUT2D eigenvalue weighted by Crippen LogP contribution is -2.47. The van der Waals surface area contributed by atoms with E-state index in [1.807, 2.05) is 30.3 Å². The van der Waals surface area contributed by atoms with Crippen molar-refractivity contribution >= 4 is 11.8 Å². The van der Waals surface area contributed by atoms with Crippen LogP contribution >= 0.6 is 0 Å². The van der Waals surface area contributed by atoms with Crippen LogP contribution in [-0.4, -0.2) is 61.0 Å². The number of hydrogen-bond donors (Lipinski definition) is 0. The highest BCUT2D eigenvalue weighted by Crippen LogP contribution is 2.04. The third-order valence-electron chi connectivity index (χ3n) is 3.65. The molecule has 0 radical (unpaired) electrons. The van der Waals surface area contributed by atoms with Gasteiger partial charge in [0.15, 0.2) is 0 Å². The van der Waals surface area contributed by atoms with Crippen molar-refractivity contribution in [2.45, 2.75) is 13.3 Å². The maximum absolute atomic E-state index is 12.2. The molecule has 2 rings (SSSR count). The first kappa shape index (κ1) is 15.5. The molecule has 0 aliphatic carbocycles. The Hall–Kier alpha value is -1.88. The lowest BCUT2D eigenvalue weighted by molar-refractivity contribution is -0.142. The fraction of sp³-hybridized carbons (Fsp3) is 0.500. The van der Waals surface area contributed by atoms with E-state index in [1.54, 1.807) is 9.80 Å². The summed E-state index contributed by atoms with van der Waals surface area (Å²) in [6, 6.07) is 9.98. The van der Waals surface area contributed by atoms with E-state index in [1.165, 1.54) is 12.5 Å². The third kappa shape index (κ3) is 4.86. The number of hydrogen-bond acceptors (Lipinski definition) is 3. The monoisotopic (exact) mass is 290 g/mol. The first-order valence-electron chi connectivity index (χ1n) is 7.32. The molecule has 0 N–H and O–H groups in total. The second-order valence-corrected chi connectivity index (χ2v) is 5.17. The van der Waals surface area contributed by atoms with E-state index in [0.29, 0.717) is 32.8 Å². The highest BCUT2D eigenvalue weighted by atomic mass is 16.5. The second-order valence-electron chi connectivity index (χ2n) is 5.17. The van der Waals surface area contributed by atoms with Crippen LogP contribution in [0.5, 0.6) is 0 Å². The van der Waals surface area contributed by atoms with E-state index in [9.17, 15) is 9.59 Å². The molecule has 0 atom stereocenters. The highest BCUT2D eigenvalue weighted by molar-refractivity contribution is 5.83. The van der Waals surface area contributed by atoms with Crippen LogP contribution in [-0.2, 0) is 20.7 Å². The zero-order valence-corrected chi connectivity index (χ0v) is 12.5. The minimum absolute atomic E-state index is 0.00145. The van der Waals surface area contributed by atoms with Crippen molar-refractivity contribution in [1.29, 1.82) is 0 Å². The fourth-order valence-corrected chi connectivity index (χ4v) is 2.33. The zero-order valence-electron chi connectivity index (χ0n) is 12.5. The maximum atomic E-state index is 12.2. The van der Waals surface area contributed by atoms with Gasteiger partial charge in [0.2, 0.25) is 11.8 Å². The summed E-state index contributed by atoms with van der Waals surface area (Å²) in [4.78, 5) is 27.3. The van der Waals surface area contributed by atoms with E-state index in [2.05, 4.69) is 0 Å². The average Bonchev–Trinajstić information content (AvgIpc) is 2.52. The summed E-state index contributed by atoms with van der Waals surface area (Å²) >= 11 is 0. The SMILES string of the molecule is CC(=O)N(CCc1ccccc1)CC(=O)N1CCOCC1. The van der Waals surface area contributed by atoms with Crippen molar-refractivity contribution in [3.8, 4) is 0 Å². The molecule has 0 bridgehead atoms. The van der Waals surface area contributed by atoms with Gasteiger partial charge in [-0.2, -0.15) is 0 Å². The number of rotatable bonds is 5. The molecule has 1 aromatic rings. The molecule has 21 heavy (non-hydrogen) atoms. The first-order valence-corrected chi connectivity index (χ1v) is 7.32. The molecule has 0 saturated carbocycles. The molecule has 1 aliphatic rings. The van der Waals surface area contributed by atoms with E-state index in [0.717, 1.165) is 6.42 Å². The van der Waals surface area contributed by atoms with Crippen molar-refractivity contribution in [3.63, 3.8) is 0 Å². The molecular weight excluding hydrogens is 268 g/mol. The van der Waals surface area contributed by atoms with Gasteiger partial charge in [0, 0.05) is 26.6 Å². The van der Waals surface area contributed by atoms with Crippen molar-refractivity contribution in [3.05, 3.63) is 35.9 Å². The highest BCUT2D eigenvalue weighted by Gasteiger charge is 2.20. The summed E-state index contributed by atoms with van der Waals surface area (Å²) in [5.74, 6) is -0.0610. The Kier molecular flexibility index (Phi) is 5.75. The van der Waals surface area contributed by atoms with Crippen LogP contribution in [0.25, 0.3) is 0 Å². The lowest BCUT2D eigenvalue weighted by atomic mass is 10.1. The largest absolute Gasteiger partial charge is 0.378 e. The van der Waals surface area contributed by atoms with Crippen LogP contribution in [0.4, 0.5) is 0 Å². The van der Waals surface area contributed by atoms with Crippen LogP contribution in [0, 0.1) is 0 Å². The third-order valence-corrected chi connectivity index (χ3v) is 3.65. The fourth-order valence-electron chi connectivity index (χ4n) is 2.33. The minimum Gasteiger partial charge on any atom is -0.378 e. The van der Waals surface area contributed by atoms with Gasteiger partial charge in [-0.15, -0.1) is 0 Å². The summed E-state index contributed by atoms with van der Waals surface area (Å²) in [7, 11) is 0. The standard InChI is InChI=1S/C16H22N2O3/c1-14(19)18(8-7-15-5-3-2-4-6-15)13-16(20)17-9-11-21-12-10-17/h2-6H,7-13H2,1H3. The van der Waals surface area contributed by atoms with Crippen LogP contribution in [0.15, 0.2) is 30.3 Å². The predicted octanol–water partition coefficient (Wildman–Crippen LogP) is 0.936. The van der Waals surface area contributed by atoms with Crippen molar-refractivity contribution in [2.24, 2.45) is 0 Å². The first-order chi connectivity index (χ1) is 10.2. The molecule has 5 heteroatoms. The van der Waals surface area contributed by atoms with Crippen LogP contribution in [0.2, 0.25) is 0 Å². The molecule has 114 valence electrons.